The van der Waals surface area contributed by atoms with Crippen LogP contribution < -0.4 is 11.1 Å². The summed E-state index contributed by atoms with van der Waals surface area (Å²) < 4.78 is 1.85. The Balaban J connectivity index is 1.78. The second kappa shape index (κ2) is 5.23. The number of nitrogen functional groups attached to an aromatic ring is 1. The number of nitrogens with one attached hydrogen (secondary N) is 1. The Labute approximate surface area is 113 Å². The summed E-state index contributed by atoms with van der Waals surface area (Å²) >= 11 is 0. The molecule has 2 aliphatic carbocycles. The van der Waals surface area contributed by atoms with Crippen LogP contribution in [0.1, 0.15) is 67.9 Å². The molecule has 0 aromatic carbocycles. The molecule has 1 heterocycles. The molecule has 3 N–H and O–H groups in total. The Bertz CT molecular complexity index is 456. The summed E-state index contributed by atoms with van der Waals surface area (Å²) in [6.45, 7) is 0. The fourth-order valence-electron chi connectivity index (χ4n) is 3.36. The van der Waals surface area contributed by atoms with E-state index in [1.807, 2.05) is 4.68 Å². The smallest absolute Gasteiger partial charge is 0.271 e. The lowest BCUT2D eigenvalue weighted by molar-refractivity contribution is 0.0925. The van der Waals surface area contributed by atoms with E-state index in [2.05, 4.69) is 10.4 Å². The first-order chi connectivity index (χ1) is 9.25. The predicted molar refractivity (Wildman–Crippen MR) is 73.9 cm³/mol. The average Bonchev–Trinajstić information content (AvgIpc) is 3.07. The van der Waals surface area contributed by atoms with Gasteiger partial charge in [0.1, 0.15) is 5.69 Å². The van der Waals surface area contributed by atoms with Crippen LogP contribution in [0.15, 0.2) is 6.20 Å². The fraction of sp³-hybridized carbons (Fsp3) is 0.714. The van der Waals surface area contributed by atoms with E-state index in [0.29, 0.717) is 23.5 Å². The number of carbonyl (C=O) groups excluding carboxylic acids is 1. The van der Waals surface area contributed by atoms with E-state index in [4.69, 9.17) is 5.73 Å². The van der Waals surface area contributed by atoms with E-state index in [1.54, 1.807) is 6.20 Å². The zero-order valence-corrected chi connectivity index (χ0v) is 11.3. The van der Waals surface area contributed by atoms with Gasteiger partial charge in [-0.05, 0) is 25.7 Å². The first kappa shape index (κ1) is 12.5. The van der Waals surface area contributed by atoms with Crippen LogP contribution in [-0.4, -0.2) is 21.7 Å². The third kappa shape index (κ3) is 2.46. The molecule has 0 bridgehead atoms. The molecule has 0 saturated heterocycles. The van der Waals surface area contributed by atoms with Gasteiger partial charge in [-0.2, -0.15) is 5.10 Å². The quantitative estimate of drug-likeness (QED) is 0.877. The zero-order chi connectivity index (χ0) is 13.2. The van der Waals surface area contributed by atoms with Crippen molar-refractivity contribution in [1.29, 1.82) is 0 Å². The Kier molecular flexibility index (Phi) is 3.44. The van der Waals surface area contributed by atoms with Gasteiger partial charge in [-0.15, -0.1) is 0 Å². The number of hydrogen-bond acceptors (Lipinski definition) is 3. The van der Waals surface area contributed by atoms with Crippen LogP contribution in [0.3, 0.4) is 0 Å². The number of carbonyl (C=O) groups is 1. The van der Waals surface area contributed by atoms with Crippen LogP contribution in [0.25, 0.3) is 0 Å². The molecule has 0 aliphatic heterocycles. The second-order valence-corrected chi connectivity index (χ2v) is 5.79. The molecule has 2 aliphatic rings. The van der Waals surface area contributed by atoms with Gasteiger partial charge in [-0.3, -0.25) is 9.48 Å². The standard InChI is InChI=1S/C14H22N4O/c15-12-9-16-18(11-7-3-4-8-11)13(12)14(19)17-10-5-1-2-6-10/h9-11H,1-8,15H2,(H,17,19). The SMILES string of the molecule is Nc1cnn(C2CCCC2)c1C(=O)NC1CCCC1. The van der Waals surface area contributed by atoms with Crippen molar-refractivity contribution in [2.24, 2.45) is 0 Å². The summed E-state index contributed by atoms with van der Waals surface area (Å²) in [6, 6.07) is 0.667. The number of aromatic nitrogens is 2. The van der Waals surface area contributed by atoms with Crippen molar-refractivity contribution in [3.8, 4) is 0 Å². The third-order valence-corrected chi connectivity index (χ3v) is 4.40. The molecule has 1 aromatic heterocycles. The van der Waals surface area contributed by atoms with Gasteiger partial charge >= 0.3 is 0 Å². The molecule has 0 radical (unpaired) electrons. The fourth-order valence-corrected chi connectivity index (χ4v) is 3.36. The highest BCUT2D eigenvalue weighted by Crippen LogP contribution is 2.31. The van der Waals surface area contributed by atoms with E-state index in [0.717, 1.165) is 25.7 Å². The highest BCUT2D eigenvalue weighted by molar-refractivity contribution is 5.97. The average molecular weight is 262 g/mol. The first-order valence-electron chi connectivity index (χ1n) is 7.39. The summed E-state index contributed by atoms with van der Waals surface area (Å²) in [6.07, 6.45) is 10.8. The van der Waals surface area contributed by atoms with Crippen LogP contribution in [-0.2, 0) is 0 Å². The molecule has 2 fully saturated rings. The lowest BCUT2D eigenvalue weighted by Gasteiger charge is -2.16. The minimum Gasteiger partial charge on any atom is -0.396 e. The van der Waals surface area contributed by atoms with Crippen LogP contribution >= 0.6 is 0 Å². The van der Waals surface area contributed by atoms with Gasteiger partial charge in [0.25, 0.3) is 5.91 Å². The maximum atomic E-state index is 12.4. The number of nitrogens with two attached hydrogens (primary N) is 1. The van der Waals surface area contributed by atoms with Gasteiger partial charge in [0.05, 0.1) is 17.9 Å². The number of hydrogen-bond donors (Lipinski definition) is 2. The van der Waals surface area contributed by atoms with E-state index in [1.165, 1.54) is 25.7 Å². The predicted octanol–water partition coefficient (Wildman–Crippen LogP) is 2.25. The Morgan fingerprint density at radius 1 is 1.21 bits per heavy atom. The van der Waals surface area contributed by atoms with E-state index >= 15 is 0 Å². The highest BCUT2D eigenvalue weighted by atomic mass is 16.2. The topological polar surface area (TPSA) is 72.9 Å². The first-order valence-corrected chi connectivity index (χ1v) is 7.39. The molecule has 3 rings (SSSR count). The number of rotatable bonds is 3. The molecule has 104 valence electrons. The minimum atomic E-state index is -0.0474. The van der Waals surface area contributed by atoms with Crippen molar-refractivity contribution < 1.29 is 4.79 Å². The molecule has 2 saturated carbocycles. The van der Waals surface area contributed by atoms with Crippen molar-refractivity contribution in [2.45, 2.75) is 63.5 Å². The molecule has 0 unspecified atom stereocenters. The number of nitrogens with zero attached hydrogens (tertiary/aromatic N) is 2. The second-order valence-electron chi connectivity index (χ2n) is 5.79. The molecule has 19 heavy (non-hydrogen) atoms. The zero-order valence-electron chi connectivity index (χ0n) is 11.3. The van der Waals surface area contributed by atoms with Gasteiger partial charge in [0, 0.05) is 6.04 Å². The van der Waals surface area contributed by atoms with E-state index < -0.39 is 0 Å². The summed E-state index contributed by atoms with van der Waals surface area (Å²) in [5.74, 6) is -0.0474. The molecular formula is C14H22N4O. The number of amides is 1. The van der Waals surface area contributed by atoms with Gasteiger partial charge < -0.3 is 11.1 Å². The monoisotopic (exact) mass is 262 g/mol. The molecule has 0 spiro atoms. The summed E-state index contributed by atoms with van der Waals surface area (Å²) in [5.41, 5.74) is 7.01. The third-order valence-electron chi connectivity index (χ3n) is 4.40. The molecule has 1 aromatic rings. The van der Waals surface area contributed by atoms with Gasteiger partial charge in [-0.25, -0.2) is 0 Å². The van der Waals surface area contributed by atoms with Crippen LogP contribution in [0.2, 0.25) is 0 Å². The lowest BCUT2D eigenvalue weighted by Crippen LogP contribution is -2.35. The van der Waals surface area contributed by atoms with Crippen molar-refractivity contribution in [1.82, 2.24) is 15.1 Å². The maximum Gasteiger partial charge on any atom is 0.271 e. The minimum absolute atomic E-state index is 0.0474. The molecule has 1 amide bonds. The highest BCUT2D eigenvalue weighted by Gasteiger charge is 2.27. The van der Waals surface area contributed by atoms with Gasteiger partial charge in [0.2, 0.25) is 0 Å². The number of anilines is 1. The molecule has 0 atom stereocenters. The molecule has 5 heteroatoms. The van der Waals surface area contributed by atoms with Gasteiger partial charge in [-0.1, -0.05) is 25.7 Å². The van der Waals surface area contributed by atoms with E-state index in [-0.39, 0.29) is 5.91 Å². The Morgan fingerprint density at radius 3 is 2.53 bits per heavy atom. The molecular weight excluding hydrogens is 240 g/mol. The van der Waals surface area contributed by atoms with Crippen molar-refractivity contribution >= 4 is 11.6 Å². The Hall–Kier alpha value is -1.52. The Morgan fingerprint density at radius 2 is 1.84 bits per heavy atom. The lowest BCUT2D eigenvalue weighted by atomic mass is 10.2. The summed E-state index contributed by atoms with van der Waals surface area (Å²) in [5, 5.41) is 7.43. The van der Waals surface area contributed by atoms with Crippen LogP contribution in [0.5, 0.6) is 0 Å². The largest absolute Gasteiger partial charge is 0.396 e. The maximum absolute atomic E-state index is 12.4. The summed E-state index contributed by atoms with van der Waals surface area (Å²) in [7, 11) is 0. The van der Waals surface area contributed by atoms with E-state index in [9.17, 15) is 4.79 Å². The van der Waals surface area contributed by atoms with Crippen molar-refractivity contribution in [3.63, 3.8) is 0 Å². The van der Waals surface area contributed by atoms with Crippen LogP contribution in [0.4, 0.5) is 5.69 Å². The van der Waals surface area contributed by atoms with Crippen molar-refractivity contribution in [2.75, 3.05) is 5.73 Å². The van der Waals surface area contributed by atoms with Crippen molar-refractivity contribution in [3.05, 3.63) is 11.9 Å². The normalized spacial score (nSPS) is 21.1. The molecule has 5 nitrogen and oxygen atoms in total. The van der Waals surface area contributed by atoms with Gasteiger partial charge in [0.15, 0.2) is 0 Å². The van der Waals surface area contributed by atoms with Crippen LogP contribution in [0, 0.1) is 0 Å². The summed E-state index contributed by atoms with van der Waals surface area (Å²) in [4.78, 5) is 12.4.